The molecule has 0 heterocycles. The van der Waals surface area contributed by atoms with E-state index in [1.54, 1.807) is 0 Å². The van der Waals surface area contributed by atoms with Crippen LogP contribution in [0.5, 0.6) is 0 Å². The Kier molecular flexibility index (Phi) is 9.87. The predicted octanol–water partition coefficient (Wildman–Crippen LogP) is 7.45. The third-order valence-corrected chi connectivity index (χ3v) is 19.7. The quantitative estimate of drug-likeness (QED) is 0.0745. The first-order valence-electron chi connectivity index (χ1n) is 16.1. The third kappa shape index (κ3) is 6.33. The van der Waals surface area contributed by atoms with Gasteiger partial charge in [-0.05, 0) is 54.6 Å². The first kappa shape index (κ1) is 32.9. The summed E-state index contributed by atoms with van der Waals surface area (Å²) in [4.78, 5) is 3.24. The first-order valence-corrected chi connectivity index (χ1v) is 19.9. The first-order chi connectivity index (χ1) is 21.5. The van der Waals surface area contributed by atoms with Crippen LogP contribution in [-0.2, 0) is 8.85 Å². The molecule has 1 aliphatic carbocycles. The monoisotopic (exact) mass is 633 g/mol. The number of azide groups is 1. The Hall–Kier alpha value is -3.46. The molecule has 7 heteroatoms. The van der Waals surface area contributed by atoms with Gasteiger partial charge in [0.25, 0.3) is 16.6 Å². The van der Waals surface area contributed by atoms with Gasteiger partial charge in [0.1, 0.15) is 0 Å². The molecule has 0 saturated heterocycles. The molecule has 0 aliphatic heterocycles. The SMILES string of the molecule is CC(C)(C)[Si](OC[C@H]1C[C@@H](N=[N+]=[N-])[C@@H]1CO[Si](c1ccccc1)(c1ccccc1)C(C)(C)C)(c1ccccc1)c1ccccc1. The lowest BCUT2D eigenvalue weighted by Gasteiger charge is -2.49. The zero-order chi connectivity index (χ0) is 32.1. The fraction of sp³-hybridized carbons (Fsp3) is 0.368. The Morgan fingerprint density at radius 3 is 1.24 bits per heavy atom. The molecule has 0 unspecified atom stereocenters. The molecule has 234 valence electrons. The van der Waals surface area contributed by atoms with Gasteiger partial charge in [0.15, 0.2) is 0 Å². The van der Waals surface area contributed by atoms with E-state index in [0.717, 1.165) is 6.42 Å². The van der Waals surface area contributed by atoms with Crippen LogP contribution >= 0.6 is 0 Å². The average molecular weight is 634 g/mol. The maximum absolute atomic E-state index is 9.48. The van der Waals surface area contributed by atoms with E-state index in [2.05, 4.69) is 173 Å². The Bertz CT molecular complexity index is 1490. The molecule has 4 aromatic carbocycles. The van der Waals surface area contributed by atoms with Crippen LogP contribution in [0.15, 0.2) is 126 Å². The standard InChI is InChI=1S/C38H47N3O2Si2/c1-37(2,3)44(31-19-11-7-12-20-31,32-21-13-8-14-22-32)42-28-30-27-36(40-41-39)35(30)29-43-45(38(4,5)6,33-23-15-9-16-24-33)34-25-17-10-18-26-34/h7-26,30,35-36H,27-29H2,1-6H3/t30-,35-,36-/m1/s1. The van der Waals surface area contributed by atoms with Crippen LogP contribution in [0.25, 0.3) is 10.4 Å². The molecule has 1 saturated carbocycles. The Morgan fingerprint density at radius 1 is 0.600 bits per heavy atom. The highest BCUT2D eigenvalue weighted by Gasteiger charge is 2.54. The number of rotatable bonds is 11. The second-order valence-electron chi connectivity index (χ2n) is 14.4. The molecule has 1 aliphatic rings. The molecule has 0 N–H and O–H groups in total. The van der Waals surface area contributed by atoms with Crippen molar-refractivity contribution in [3.05, 3.63) is 132 Å². The molecule has 5 rings (SSSR count). The summed E-state index contributed by atoms with van der Waals surface area (Å²) in [5.41, 5.74) is 9.48. The van der Waals surface area contributed by atoms with Crippen molar-refractivity contribution in [1.82, 2.24) is 0 Å². The highest BCUT2D eigenvalue weighted by atomic mass is 28.4. The molecular formula is C38H47N3O2Si2. The van der Waals surface area contributed by atoms with E-state index in [9.17, 15) is 5.53 Å². The normalized spacial score (nSPS) is 18.9. The molecule has 1 fully saturated rings. The van der Waals surface area contributed by atoms with Crippen molar-refractivity contribution in [1.29, 1.82) is 0 Å². The molecule has 0 spiro atoms. The van der Waals surface area contributed by atoms with Crippen LogP contribution in [0.3, 0.4) is 0 Å². The minimum atomic E-state index is -2.74. The summed E-state index contributed by atoms with van der Waals surface area (Å²) in [6.07, 6.45) is 0.803. The van der Waals surface area contributed by atoms with Gasteiger partial charge in [-0.3, -0.25) is 0 Å². The van der Waals surface area contributed by atoms with Crippen molar-refractivity contribution in [2.45, 2.75) is 64.1 Å². The van der Waals surface area contributed by atoms with Crippen molar-refractivity contribution in [3.8, 4) is 0 Å². The number of nitrogens with zero attached hydrogens (tertiary/aromatic N) is 3. The van der Waals surface area contributed by atoms with E-state index in [0.29, 0.717) is 13.2 Å². The summed E-state index contributed by atoms with van der Waals surface area (Å²) in [6, 6.07) is 42.9. The Balaban J connectivity index is 1.49. The number of benzene rings is 4. The summed E-state index contributed by atoms with van der Waals surface area (Å²) in [5.74, 6) is 0.293. The number of hydrogen-bond acceptors (Lipinski definition) is 3. The Morgan fingerprint density at radius 2 is 0.933 bits per heavy atom. The Labute approximate surface area is 271 Å². The molecule has 0 aromatic heterocycles. The molecule has 0 amide bonds. The van der Waals surface area contributed by atoms with E-state index in [1.807, 2.05) is 0 Å². The molecule has 0 bridgehead atoms. The van der Waals surface area contributed by atoms with Crippen LogP contribution in [0, 0.1) is 11.8 Å². The van der Waals surface area contributed by atoms with Crippen LogP contribution in [0.4, 0.5) is 0 Å². The summed E-state index contributed by atoms with van der Waals surface area (Å²) in [7, 11) is -5.43. The van der Waals surface area contributed by atoms with Gasteiger partial charge >= 0.3 is 0 Å². The van der Waals surface area contributed by atoms with Crippen LogP contribution < -0.4 is 20.7 Å². The van der Waals surface area contributed by atoms with Gasteiger partial charge in [-0.15, -0.1) is 0 Å². The lowest BCUT2D eigenvalue weighted by molar-refractivity contribution is 0.0349. The van der Waals surface area contributed by atoms with Gasteiger partial charge in [0.05, 0.1) is 0 Å². The molecule has 5 nitrogen and oxygen atoms in total. The molecule has 3 atom stereocenters. The van der Waals surface area contributed by atoms with Crippen LogP contribution in [0.1, 0.15) is 48.0 Å². The van der Waals surface area contributed by atoms with Gasteiger partial charge in [0, 0.05) is 24.2 Å². The van der Waals surface area contributed by atoms with Crippen molar-refractivity contribution in [2.24, 2.45) is 17.0 Å². The minimum absolute atomic E-state index is 0.0702. The zero-order valence-corrected chi connectivity index (χ0v) is 29.6. The molecule has 4 aromatic rings. The molecule has 0 radical (unpaired) electrons. The van der Waals surface area contributed by atoms with Crippen LogP contribution in [0.2, 0.25) is 10.1 Å². The summed E-state index contributed by atoms with van der Waals surface area (Å²) >= 11 is 0. The highest BCUT2D eigenvalue weighted by molar-refractivity contribution is 7.00. The van der Waals surface area contributed by atoms with E-state index in [1.165, 1.54) is 20.7 Å². The predicted molar refractivity (Wildman–Crippen MR) is 192 cm³/mol. The molecule has 45 heavy (non-hydrogen) atoms. The van der Waals surface area contributed by atoms with Gasteiger partial charge in [-0.25, -0.2) is 0 Å². The maximum atomic E-state index is 9.48. The summed E-state index contributed by atoms with van der Waals surface area (Å²) in [6.45, 7) is 15.0. The van der Waals surface area contributed by atoms with Gasteiger partial charge < -0.3 is 8.85 Å². The van der Waals surface area contributed by atoms with Gasteiger partial charge in [-0.1, -0.05) is 168 Å². The smallest absolute Gasteiger partial charge is 0.261 e. The lowest BCUT2D eigenvalue weighted by atomic mass is 9.70. The van der Waals surface area contributed by atoms with E-state index in [4.69, 9.17) is 8.85 Å². The fourth-order valence-corrected chi connectivity index (χ4v) is 16.6. The van der Waals surface area contributed by atoms with Crippen molar-refractivity contribution in [3.63, 3.8) is 0 Å². The average Bonchev–Trinajstić information content (AvgIpc) is 3.03. The molecular weight excluding hydrogens is 587 g/mol. The zero-order valence-electron chi connectivity index (χ0n) is 27.6. The van der Waals surface area contributed by atoms with Crippen molar-refractivity contribution in [2.75, 3.05) is 13.2 Å². The summed E-state index contributed by atoms with van der Waals surface area (Å²) < 4.78 is 14.7. The summed E-state index contributed by atoms with van der Waals surface area (Å²) in [5, 5.41) is 9.07. The van der Waals surface area contributed by atoms with Gasteiger partial charge in [0.2, 0.25) is 0 Å². The van der Waals surface area contributed by atoms with E-state index >= 15 is 0 Å². The second kappa shape index (κ2) is 13.5. The van der Waals surface area contributed by atoms with E-state index in [-0.39, 0.29) is 28.0 Å². The van der Waals surface area contributed by atoms with Gasteiger partial charge in [-0.2, -0.15) is 0 Å². The van der Waals surface area contributed by atoms with Crippen molar-refractivity contribution >= 4 is 37.4 Å². The third-order valence-electron chi connectivity index (χ3n) is 9.68. The topological polar surface area (TPSA) is 67.2 Å². The maximum Gasteiger partial charge on any atom is 0.261 e. The highest BCUT2D eigenvalue weighted by Crippen LogP contribution is 2.44. The lowest BCUT2D eigenvalue weighted by Crippen LogP contribution is -2.68. The minimum Gasteiger partial charge on any atom is -0.407 e. The number of hydrogen-bond donors (Lipinski definition) is 0. The largest absolute Gasteiger partial charge is 0.407 e. The second-order valence-corrected chi connectivity index (χ2v) is 23.0. The fourth-order valence-electron chi connectivity index (χ4n) is 7.39. The van der Waals surface area contributed by atoms with Crippen molar-refractivity contribution < 1.29 is 8.85 Å². The van der Waals surface area contributed by atoms with E-state index < -0.39 is 16.6 Å². The van der Waals surface area contributed by atoms with Crippen LogP contribution in [-0.4, -0.2) is 35.9 Å².